The van der Waals surface area contributed by atoms with Crippen molar-refractivity contribution in [1.82, 2.24) is 5.32 Å². The van der Waals surface area contributed by atoms with Crippen molar-refractivity contribution in [3.8, 4) is 5.75 Å². The molecule has 2 N–H and O–H groups in total. The first-order valence-corrected chi connectivity index (χ1v) is 11.1. The molecule has 0 heterocycles. The summed E-state index contributed by atoms with van der Waals surface area (Å²) in [4.78, 5) is 12.4. The fourth-order valence-electron chi connectivity index (χ4n) is 3.73. The molecule has 160 valence electrons. The van der Waals surface area contributed by atoms with Gasteiger partial charge in [0, 0.05) is 12.5 Å². The molecule has 0 radical (unpaired) electrons. The number of rotatable bonds is 9. The summed E-state index contributed by atoms with van der Waals surface area (Å²) in [5, 5.41) is 14.0. The number of amides is 1. The zero-order valence-electron chi connectivity index (χ0n) is 19.5. The maximum atomic E-state index is 12.4. The molecule has 1 amide bonds. The summed E-state index contributed by atoms with van der Waals surface area (Å²) in [6.07, 6.45) is 5.87. The van der Waals surface area contributed by atoms with Crippen LogP contribution in [0, 0.1) is 5.92 Å². The first-order valence-electron chi connectivity index (χ1n) is 11.1. The van der Waals surface area contributed by atoms with E-state index in [0.717, 1.165) is 49.7 Å². The molecule has 28 heavy (non-hydrogen) atoms. The molecule has 0 unspecified atom stereocenters. The van der Waals surface area contributed by atoms with E-state index in [9.17, 15) is 9.90 Å². The smallest absolute Gasteiger partial charge is 0.223 e. The number of phenolic OH excluding ortho intramolecular Hbond substituents is 1. The second-order valence-electron chi connectivity index (χ2n) is 10.2. The fourth-order valence-corrected chi connectivity index (χ4v) is 3.73. The number of hydrogen-bond donors (Lipinski definition) is 2. The van der Waals surface area contributed by atoms with E-state index >= 15 is 0 Å². The Hall–Kier alpha value is -1.51. The van der Waals surface area contributed by atoms with Crippen molar-refractivity contribution in [3.63, 3.8) is 0 Å². The normalized spacial score (nSPS) is 12.5. The predicted octanol–water partition coefficient (Wildman–Crippen LogP) is 6.25. The van der Waals surface area contributed by atoms with Gasteiger partial charge in [0.1, 0.15) is 5.75 Å². The highest BCUT2D eigenvalue weighted by molar-refractivity contribution is 5.78. The van der Waals surface area contributed by atoms with Crippen LogP contribution < -0.4 is 5.32 Å². The second-order valence-corrected chi connectivity index (χ2v) is 10.2. The van der Waals surface area contributed by atoms with Gasteiger partial charge in [-0.3, -0.25) is 4.79 Å². The highest BCUT2D eigenvalue weighted by Gasteiger charge is 2.26. The molecule has 0 atom stereocenters. The van der Waals surface area contributed by atoms with Gasteiger partial charge >= 0.3 is 0 Å². The molecule has 3 heteroatoms. The lowest BCUT2D eigenvalue weighted by atomic mass is 9.78. The topological polar surface area (TPSA) is 49.3 Å². The fraction of sp³-hybridized carbons (Fsp3) is 0.720. The predicted molar refractivity (Wildman–Crippen MR) is 120 cm³/mol. The third-order valence-electron chi connectivity index (χ3n) is 5.37. The minimum Gasteiger partial charge on any atom is -0.507 e. The third-order valence-corrected chi connectivity index (χ3v) is 5.37. The summed E-state index contributed by atoms with van der Waals surface area (Å²) in [6, 6.07) is 4.28. The molecule has 0 aromatic heterocycles. The number of phenols is 1. The van der Waals surface area contributed by atoms with E-state index in [1.165, 1.54) is 5.56 Å². The number of nitrogens with one attached hydrogen (secondary N) is 1. The Bertz CT molecular complexity index is 594. The van der Waals surface area contributed by atoms with Crippen LogP contribution in [0.5, 0.6) is 5.75 Å². The van der Waals surface area contributed by atoms with Gasteiger partial charge in [-0.2, -0.15) is 0 Å². The van der Waals surface area contributed by atoms with Gasteiger partial charge in [0.2, 0.25) is 5.91 Å². The average molecular weight is 390 g/mol. The van der Waals surface area contributed by atoms with Gasteiger partial charge in [0.25, 0.3) is 0 Å². The lowest BCUT2D eigenvalue weighted by Gasteiger charge is -2.28. The molecule has 0 aliphatic heterocycles. The average Bonchev–Trinajstić information content (AvgIpc) is 2.57. The summed E-state index contributed by atoms with van der Waals surface area (Å²) in [5.41, 5.74) is 3.03. The van der Waals surface area contributed by atoms with Gasteiger partial charge in [0.15, 0.2) is 0 Å². The van der Waals surface area contributed by atoms with Crippen molar-refractivity contribution in [1.29, 1.82) is 0 Å². The summed E-state index contributed by atoms with van der Waals surface area (Å²) in [5.74, 6) is 0.794. The molecule has 3 nitrogen and oxygen atoms in total. The molecule has 0 bridgehead atoms. The minimum atomic E-state index is -0.109. The van der Waals surface area contributed by atoms with Gasteiger partial charge < -0.3 is 10.4 Å². The summed E-state index contributed by atoms with van der Waals surface area (Å²) in [6.45, 7) is 17.8. The van der Waals surface area contributed by atoms with Gasteiger partial charge in [0.05, 0.1) is 0 Å². The van der Waals surface area contributed by atoms with Crippen LogP contribution in [0.3, 0.4) is 0 Å². The van der Waals surface area contributed by atoms with Crippen LogP contribution in [0.25, 0.3) is 0 Å². The third kappa shape index (κ3) is 7.14. The van der Waals surface area contributed by atoms with Crippen LogP contribution in [0.1, 0.15) is 104 Å². The van der Waals surface area contributed by atoms with Crippen LogP contribution in [-0.2, 0) is 22.0 Å². The van der Waals surface area contributed by atoms with Crippen molar-refractivity contribution >= 4 is 5.91 Å². The number of hydrogen-bond acceptors (Lipinski definition) is 2. The molecule has 0 fully saturated rings. The number of aromatic hydroxyl groups is 1. The van der Waals surface area contributed by atoms with E-state index < -0.39 is 0 Å². The maximum Gasteiger partial charge on any atom is 0.223 e. The van der Waals surface area contributed by atoms with Crippen LogP contribution in [0.4, 0.5) is 0 Å². The summed E-state index contributed by atoms with van der Waals surface area (Å²) in [7, 11) is 0. The van der Waals surface area contributed by atoms with Crippen LogP contribution >= 0.6 is 0 Å². The Kier molecular flexibility index (Phi) is 9.04. The van der Waals surface area contributed by atoms with Crippen molar-refractivity contribution in [2.24, 2.45) is 5.92 Å². The number of benzene rings is 1. The summed E-state index contributed by atoms with van der Waals surface area (Å²) >= 11 is 0. The van der Waals surface area contributed by atoms with Crippen molar-refractivity contribution in [2.75, 3.05) is 6.54 Å². The van der Waals surface area contributed by atoms with Crippen LogP contribution in [-0.4, -0.2) is 17.6 Å². The highest BCUT2D eigenvalue weighted by Crippen LogP contribution is 2.39. The number of aryl methyl sites for hydroxylation is 1. The molecule has 1 aromatic carbocycles. The van der Waals surface area contributed by atoms with E-state index in [0.29, 0.717) is 12.3 Å². The number of carbonyl (C=O) groups excluding carboxylic acids is 1. The van der Waals surface area contributed by atoms with E-state index in [1.54, 1.807) is 0 Å². The molecule has 1 aromatic rings. The van der Waals surface area contributed by atoms with Gasteiger partial charge in [-0.15, -0.1) is 0 Å². The first kappa shape index (κ1) is 24.5. The molecule has 0 saturated heterocycles. The Balaban J connectivity index is 2.83. The Morgan fingerprint density at radius 2 is 1.43 bits per heavy atom. The molecule has 0 spiro atoms. The molecule has 0 aliphatic carbocycles. The first-order chi connectivity index (χ1) is 12.9. The van der Waals surface area contributed by atoms with E-state index in [1.807, 2.05) is 0 Å². The van der Waals surface area contributed by atoms with Crippen molar-refractivity contribution in [3.05, 3.63) is 28.8 Å². The Morgan fingerprint density at radius 3 is 1.82 bits per heavy atom. The number of carbonyl (C=O) groups is 1. The Morgan fingerprint density at radius 1 is 0.964 bits per heavy atom. The molecular weight excluding hydrogens is 346 g/mol. The molecular formula is C25H43NO2. The largest absolute Gasteiger partial charge is 0.507 e. The standard InChI is InChI=1S/C25H43NO2/c1-9-12-19(13-10-2)23(28)26-15-11-14-18-16-20(24(3,4)5)22(27)21(17-18)25(6,7)8/h16-17,19,27H,9-15H2,1-8H3,(H,26,28). The van der Waals surface area contributed by atoms with Gasteiger partial charge in [-0.1, -0.05) is 80.4 Å². The summed E-state index contributed by atoms with van der Waals surface area (Å²) < 4.78 is 0. The SMILES string of the molecule is CCCC(CCC)C(=O)NCCCc1cc(C(C)(C)C)c(O)c(C(C)(C)C)c1. The molecule has 1 rings (SSSR count). The van der Waals surface area contributed by atoms with Crippen LogP contribution in [0.2, 0.25) is 0 Å². The maximum absolute atomic E-state index is 12.4. The van der Waals surface area contributed by atoms with E-state index in [2.05, 4.69) is 72.8 Å². The second kappa shape index (κ2) is 10.3. The quantitative estimate of drug-likeness (QED) is 0.490. The lowest BCUT2D eigenvalue weighted by Crippen LogP contribution is -2.31. The molecule has 0 aliphatic rings. The van der Waals surface area contributed by atoms with Crippen molar-refractivity contribution in [2.45, 2.75) is 105 Å². The van der Waals surface area contributed by atoms with Crippen molar-refractivity contribution < 1.29 is 9.90 Å². The monoisotopic (exact) mass is 389 g/mol. The lowest BCUT2D eigenvalue weighted by molar-refractivity contribution is -0.125. The van der Waals surface area contributed by atoms with Crippen LogP contribution in [0.15, 0.2) is 12.1 Å². The minimum absolute atomic E-state index is 0.109. The van der Waals surface area contributed by atoms with Gasteiger partial charge in [-0.05, 0) is 53.2 Å². The molecule has 0 saturated carbocycles. The zero-order chi connectivity index (χ0) is 21.5. The Labute approximate surface area is 173 Å². The van der Waals surface area contributed by atoms with E-state index in [-0.39, 0.29) is 22.7 Å². The highest BCUT2D eigenvalue weighted by atomic mass is 16.3. The van der Waals surface area contributed by atoms with Gasteiger partial charge in [-0.25, -0.2) is 0 Å². The zero-order valence-corrected chi connectivity index (χ0v) is 19.5. The van der Waals surface area contributed by atoms with E-state index in [4.69, 9.17) is 0 Å².